The molecule has 0 fully saturated rings. The van der Waals surface area contributed by atoms with E-state index in [1.54, 1.807) is 0 Å². The molecule has 0 atom stereocenters. The molecule has 0 bridgehead atoms. The molecule has 0 saturated carbocycles. The van der Waals surface area contributed by atoms with E-state index < -0.39 is 0 Å². The Morgan fingerprint density at radius 3 is 0.978 bits per heavy atom. The maximum atomic E-state index is 2.36. The molecule has 46 heavy (non-hydrogen) atoms. The first-order valence-electron chi connectivity index (χ1n) is 15.9. The Labute approximate surface area is 268 Å². The fraction of sp³-hybridized carbons (Fsp3) is 0. The van der Waals surface area contributed by atoms with Gasteiger partial charge in [-0.15, -0.1) is 0 Å². The van der Waals surface area contributed by atoms with Crippen molar-refractivity contribution in [2.75, 3.05) is 0 Å². The predicted molar refractivity (Wildman–Crippen MR) is 198 cm³/mol. The van der Waals surface area contributed by atoms with E-state index in [1.807, 2.05) is 0 Å². The van der Waals surface area contributed by atoms with Crippen LogP contribution in [0.2, 0.25) is 0 Å². The van der Waals surface area contributed by atoms with Crippen molar-refractivity contribution in [2.45, 2.75) is 0 Å². The van der Waals surface area contributed by atoms with E-state index in [0.717, 1.165) is 0 Å². The number of hydrogen-bond donors (Lipinski definition) is 0. The van der Waals surface area contributed by atoms with Crippen LogP contribution in [0.3, 0.4) is 0 Å². The van der Waals surface area contributed by atoms with Gasteiger partial charge in [-0.25, -0.2) is 0 Å². The number of fused-ring (bicyclic) bond motifs is 4. The molecule has 0 heteroatoms. The highest BCUT2D eigenvalue weighted by Crippen LogP contribution is 2.46. The van der Waals surface area contributed by atoms with Crippen LogP contribution < -0.4 is 0 Å². The third-order valence-electron chi connectivity index (χ3n) is 9.50. The quantitative estimate of drug-likeness (QED) is 0.194. The molecular weight excluding hydrogens is 553 g/mol. The van der Waals surface area contributed by atoms with Crippen molar-refractivity contribution >= 4 is 43.1 Å². The summed E-state index contributed by atoms with van der Waals surface area (Å²) < 4.78 is 0. The molecular formula is C46H30. The summed E-state index contributed by atoms with van der Waals surface area (Å²) in [5, 5.41) is 10.1. The van der Waals surface area contributed by atoms with Gasteiger partial charge in [-0.3, -0.25) is 0 Å². The van der Waals surface area contributed by atoms with E-state index >= 15 is 0 Å². The average molecular weight is 583 g/mol. The van der Waals surface area contributed by atoms with Gasteiger partial charge < -0.3 is 0 Å². The molecule has 9 aromatic rings. The summed E-state index contributed by atoms with van der Waals surface area (Å²) in [5.74, 6) is 0. The van der Waals surface area contributed by atoms with E-state index in [4.69, 9.17) is 0 Å². The third kappa shape index (κ3) is 4.23. The molecule has 0 unspecified atom stereocenters. The maximum Gasteiger partial charge on any atom is -0.00201 e. The zero-order valence-electron chi connectivity index (χ0n) is 25.3. The lowest BCUT2D eigenvalue weighted by Crippen LogP contribution is -1.93. The summed E-state index contributed by atoms with van der Waals surface area (Å²) >= 11 is 0. The lowest BCUT2D eigenvalue weighted by Gasteiger charge is -2.20. The Hall–Kier alpha value is -5.98. The molecule has 0 aliphatic rings. The van der Waals surface area contributed by atoms with Crippen LogP contribution in [0.5, 0.6) is 0 Å². The van der Waals surface area contributed by atoms with Crippen molar-refractivity contribution in [1.82, 2.24) is 0 Å². The van der Waals surface area contributed by atoms with Crippen LogP contribution in [0.1, 0.15) is 0 Å². The van der Waals surface area contributed by atoms with Gasteiger partial charge in [0.15, 0.2) is 0 Å². The van der Waals surface area contributed by atoms with Crippen LogP contribution >= 0.6 is 0 Å². The first-order chi connectivity index (χ1) is 22.8. The summed E-state index contributed by atoms with van der Waals surface area (Å²) in [4.78, 5) is 0. The largest absolute Gasteiger partial charge is 0.0616 e. The fourth-order valence-corrected chi connectivity index (χ4v) is 7.42. The lowest BCUT2D eigenvalue weighted by molar-refractivity contribution is 1.61. The van der Waals surface area contributed by atoms with Crippen LogP contribution in [-0.4, -0.2) is 0 Å². The van der Waals surface area contributed by atoms with E-state index in [2.05, 4.69) is 182 Å². The second-order valence-electron chi connectivity index (χ2n) is 12.0. The molecule has 0 aliphatic carbocycles. The Kier molecular flexibility index (Phi) is 6.25. The highest BCUT2D eigenvalue weighted by molar-refractivity contribution is 6.18. The van der Waals surface area contributed by atoms with E-state index in [1.165, 1.54) is 87.6 Å². The highest BCUT2D eigenvalue weighted by atomic mass is 14.2. The first kappa shape index (κ1) is 26.4. The van der Waals surface area contributed by atoms with E-state index in [9.17, 15) is 0 Å². The normalized spacial score (nSPS) is 11.5. The number of benzene rings is 9. The standard InChI is InChI=1S/C46H30/c1-4-19-34-31(13-1)16-9-24-37(34)40-22-7-8-23-41(40)42-29-30-45(39-26-11-18-33-15-3-6-21-36(33)39)46-43(27-12-28-44(42)46)38-25-10-17-32-14-2-5-20-35(32)38/h1-30H. The van der Waals surface area contributed by atoms with E-state index in [-0.39, 0.29) is 0 Å². The molecule has 214 valence electrons. The van der Waals surface area contributed by atoms with Crippen molar-refractivity contribution in [1.29, 1.82) is 0 Å². The summed E-state index contributed by atoms with van der Waals surface area (Å²) in [7, 11) is 0. The van der Waals surface area contributed by atoms with Crippen molar-refractivity contribution in [3.63, 3.8) is 0 Å². The molecule has 0 radical (unpaired) electrons. The van der Waals surface area contributed by atoms with Gasteiger partial charge in [-0.2, -0.15) is 0 Å². The number of hydrogen-bond acceptors (Lipinski definition) is 0. The molecule has 0 aliphatic heterocycles. The van der Waals surface area contributed by atoms with Crippen molar-refractivity contribution in [2.24, 2.45) is 0 Å². The van der Waals surface area contributed by atoms with Crippen molar-refractivity contribution in [3.8, 4) is 44.5 Å². The minimum atomic E-state index is 1.24. The zero-order valence-corrected chi connectivity index (χ0v) is 25.3. The van der Waals surface area contributed by atoms with Crippen LogP contribution in [0, 0.1) is 0 Å². The molecule has 0 N–H and O–H groups in total. The number of rotatable bonds is 4. The predicted octanol–water partition coefficient (Wildman–Crippen LogP) is 13.0. The summed E-state index contributed by atoms with van der Waals surface area (Å²) in [6, 6.07) is 66.6. The second-order valence-corrected chi connectivity index (χ2v) is 12.0. The van der Waals surface area contributed by atoms with Gasteiger partial charge in [0, 0.05) is 0 Å². The Balaban J connectivity index is 1.39. The van der Waals surface area contributed by atoms with Gasteiger partial charge in [0.25, 0.3) is 0 Å². The monoisotopic (exact) mass is 582 g/mol. The minimum absolute atomic E-state index is 1.24. The van der Waals surface area contributed by atoms with Crippen LogP contribution in [-0.2, 0) is 0 Å². The van der Waals surface area contributed by atoms with Gasteiger partial charge in [0.2, 0.25) is 0 Å². The van der Waals surface area contributed by atoms with Gasteiger partial charge >= 0.3 is 0 Å². The minimum Gasteiger partial charge on any atom is -0.0616 e. The molecule has 0 aromatic heterocycles. The molecule has 0 saturated heterocycles. The zero-order chi connectivity index (χ0) is 30.5. The van der Waals surface area contributed by atoms with E-state index in [0.29, 0.717) is 0 Å². The SMILES string of the molecule is c1ccc(-c2ccc(-c3cccc4ccccc34)c3c(-c4cccc5ccccc45)cccc23)c(-c2cccc3ccccc23)c1. The first-order valence-corrected chi connectivity index (χ1v) is 15.9. The maximum absolute atomic E-state index is 2.36. The van der Waals surface area contributed by atoms with Gasteiger partial charge in [-0.1, -0.05) is 182 Å². The molecule has 0 heterocycles. The Morgan fingerprint density at radius 1 is 0.174 bits per heavy atom. The molecule has 0 nitrogen and oxygen atoms in total. The van der Waals surface area contributed by atoms with Crippen LogP contribution in [0.25, 0.3) is 87.6 Å². The molecule has 9 aromatic carbocycles. The smallest absolute Gasteiger partial charge is 0.00201 e. The van der Waals surface area contributed by atoms with Gasteiger partial charge in [-0.05, 0) is 87.6 Å². The lowest BCUT2D eigenvalue weighted by atomic mass is 9.83. The molecule has 9 rings (SSSR count). The van der Waals surface area contributed by atoms with Crippen molar-refractivity contribution < 1.29 is 0 Å². The summed E-state index contributed by atoms with van der Waals surface area (Å²) in [5.41, 5.74) is 9.99. The summed E-state index contributed by atoms with van der Waals surface area (Å²) in [6.07, 6.45) is 0. The average Bonchev–Trinajstić information content (AvgIpc) is 3.13. The van der Waals surface area contributed by atoms with Gasteiger partial charge in [0.05, 0.1) is 0 Å². The van der Waals surface area contributed by atoms with Crippen LogP contribution in [0.15, 0.2) is 182 Å². The summed E-state index contributed by atoms with van der Waals surface area (Å²) in [6.45, 7) is 0. The third-order valence-corrected chi connectivity index (χ3v) is 9.50. The Bertz CT molecular complexity index is 2490. The molecule has 0 spiro atoms. The second kappa shape index (κ2) is 10.9. The highest BCUT2D eigenvalue weighted by Gasteiger charge is 2.19. The van der Waals surface area contributed by atoms with Crippen LogP contribution in [0.4, 0.5) is 0 Å². The topological polar surface area (TPSA) is 0 Å². The Morgan fingerprint density at radius 2 is 0.457 bits per heavy atom. The molecule has 0 amide bonds. The van der Waals surface area contributed by atoms with Crippen molar-refractivity contribution in [3.05, 3.63) is 182 Å². The van der Waals surface area contributed by atoms with Gasteiger partial charge in [0.1, 0.15) is 0 Å². The fourth-order valence-electron chi connectivity index (χ4n) is 7.42.